The van der Waals surface area contributed by atoms with Crippen LogP contribution < -0.4 is 16.6 Å². The summed E-state index contributed by atoms with van der Waals surface area (Å²) in [5, 5.41) is 20.6. The van der Waals surface area contributed by atoms with Gasteiger partial charge in [0.2, 0.25) is 0 Å². The number of rotatable bonds is 11. The van der Waals surface area contributed by atoms with E-state index >= 15 is 0 Å². The molecule has 2 rings (SSSR count). The van der Waals surface area contributed by atoms with Crippen molar-refractivity contribution in [3.8, 4) is 0 Å². The van der Waals surface area contributed by atoms with Crippen LogP contribution >= 0.6 is 11.8 Å². The highest BCUT2D eigenvalue weighted by atomic mass is 32.2. The van der Waals surface area contributed by atoms with Crippen molar-refractivity contribution in [3.63, 3.8) is 0 Å². The number of nitrogens with zero attached hydrogens (tertiary/aromatic N) is 2. The van der Waals surface area contributed by atoms with E-state index in [1.807, 2.05) is 5.32 Å². The second kappa shape index (κ2) is 13.1. The quantitative estimate of drug-likeness (QED) is 0.0498. The van der Waals surface area contributed by atoms with Gasteiger partial charge in [-0.05, 0) is 25.0 Å². The molecule has 0 bridgehead atoms. The lowest BCUT2D eigenvalue weighted by molar-refractivity contribution is -0.830. The van der Waals surface area contributed by atoms with E-state index in [1.165, 1.54) is 30.8 Å². The number of hydrazine groups is 1. The number of aliphatic hydroxyl groups excluding tert-OH is 1. The number of nitrogens with one attached hydrogen (secondary N) is 2. The van der Waals surface area contributed by atoms with E-state index in [4.69, 9.17) is 16.1 Å². The molecule has 9 nitrogen and oxygen atoms in total. The Hall–Kier alpha value is -3.06. The summed E-state index contributed by atoms with van der Waals surface area (Å²) in [6.45, 7) is 1.85. The first-order valence-electron chi connectivity index (χ1n) is 11.2. The average Bonchev–Trinajstić information content (AvgIpc) is 2.88. The highest BCUT2D eigenvalue weighted by Gasteiger charge is 2.73. The maximum Gasteiger partial charge on any atom is 0.460 e. The van der Waals surface area contributed by atoms with E-state index in [0.717, 1.165) is 5.01 Å². The second-order valence-corrected chi connectivity index (χ2v) is 9.25. The minimum absolute atomic E-state index is 0.0946. The number of quaternary nitrogens is 1. The highest BCUT2D eigenvalue weighted by Crippen LogP contribution is 2.51. The number of pyridine rings is 1. The molecule has 0 spiro atoms. The minimum Gasteiger partial charge on any atom is -0.393 e. The van der Waals surface area contributed by atoms with Gasteiger partial charge in [-0.25, -0.2) is 20.1 Å². The largest absolute Gasteiger partial charge is 0.460 e. The van der Waals surface area contributed by atoms with Gasteiger partial charge in [-0.2, -0.15) is 36.2 Å². The molecule has 222 valence electrons. The zero-order valence-corrected chi connectivity index (χ0v) is 21.6. The van der Waals surface area contributed by atoms with Gasteiger partial charge in [0.15, 0.2) is 22.5 Å². The molecule has 1 unspecified atom stereocenters. The first-order valence-corrected chi connectivity index (χ1v) is 12.0. The molecule has 18 heteroatoms. The summed E-state index contributed by atoms with van der Waals surface area (Å²) in [6, 6.07) is 3.84. The Kier molecular flexibility index (Phi) is 10.8. The van der Waals surface area contributed by atoms with Crippen molar-refractivity contribution in [1.82, 2.24) is 9.99 Å². The lowest BCUT2D eigenvalue weighted by Crippen LogP contribution is -2.76. The molecule has 1 heterocycles. The number of aliphatic hydroxyl groups is 1. The molecule has 1 atom stereocenters. The van der Waals surface area contributed by atoms with Crippen molar-refractivity contribution < 1.29 is 55.3 Å². The van der Waals surface area contributed by atoms with Gasteiger partial charge in [-0.3, -0.25) is 15.2 Å². The van der Waals surface area contributed by atoms with Gasteiger partial charge >= 0.3 is 18.0 Å². The Bertz CT molecular complexity index is 1220. The zero-order valence-electron chi connectivity index (χ0n) is 20.8. The number of hydrogen-bond donors (Lipinski definition) is 5. The van der Waals surface area contributed by atoms with Crippen LogP contribution in [0.3, 0.4) is 0 Å². The van der Waals surface area contributed by atoms with Crippen LogP contribution in [-0.4, -0.2) is 58.0 Å². The first kappa shape index (κ1) is 33.1. The number of carbonyl (C=O) groups is 1. The molecule has 0 saturated heterocycles. The first-order chi connectivity index (χ1) is 18.5. The Morgan fingerprint density at radius 3 is 2.45 bits per heavy atom. The average molecular weight is 606 g/mol. The number of nitrogens with two attached hydrogens (primary N) is 2. The number of anilines is 1. The van der Waals surface area contributed by atoms with E-state index in [9.17, 15) is 45.0 Å². The molecule has 1 amide bonds. The van der Waals surface area contributed by atoms with Crippen molar-refractivity contribution in [3.05, 3.63) is 47.4 Å². The zero-order chi connectivity index (χ0) is 30.5. The van der Waals surface area contributed by atoms with Gasteiger partial charge < -0.3 is 10.4 Å². The van der Waals surface area contributed by atoms with Crippen LogP contribution in [-0.2, 0) is 10.8 Å². The molecular formula is C22H25F8N6O3S+. The fraction of sp³-hybridized carbons (Fsp3) is 0.409. The van der Waals surface area contributed by atoms with Gasteiger partial charge in [0.05, 0.1) is 18.8 Å². The van der Waals surface area contributed by atoms with Crippen LogP contribution in [0.4, 0.5) is 46.6 Å². The number of carbonyl (C=O) groups excluding carboxylic acids is 1. The fourth-order valence-corrected chi connectivity index (χ4v) is 3.83. The molecule has 0 aliphatic rings. The summed E-state index contributed by atoms with van der Waals surface area (Å²) in [6.07, 6.45) is -6.69. The molecule has 7 N–H and O–H groups in total. The van der Waals surface area contributed by atoms with Gasteiger partial charge in [-0.15, -0.1) is 0 Å². The summed E-state index contributed by atoms with van der Waals surface area (Å²) in [4.78, 5) is 21.1. The Balaban J connectivity index is 2.33. The number of thioether (sulfide) groups is 1. The predicted octanol–water partition coefficient (Wildman–Crippen LogP) is 3.88. The summed E-state index contributed by atoms with van der Waals surface area (Å²) in [7, 11) is 1.31. The van der Waals surface area contributed by atoms with Crippen molar-refractivity contribution in [2.24, 2.45) is 5.84 Å². The lowest BCUT2D eigenvalue weighted by atomic mass is 10.0. The van der Waals surface area contributed by atoms with Crippen LogP contribution in [0.1, 0.15) is 35.7 Å². The minimum atomic E-state index is -6.64. The van der Waals surface area contributed by atoms with Crippen LogP contribution in [0, 0.1) is 11.2 Å². The maximum absolute atomic E-state index is 14.5. The molecular weight excluding hydrogens is 580 g/mol. The molecule has 1 aromatic carbocycles. The molecule has 0 saturated carbocycles. The third kappa shape index (κ3) is 7.57. The molecule has 0 aliphatic carbocycles. The number of amides is 1. The summed E-state index contributed by atoms with van der Waals surface area (Å²) in [5.41, 5.74) is -0.712. The van der Waals surface area contributed by atoms with Crippen molar-refractivity contribution in [2.45, 2.75) is 48.8 Å². The van der Waals surface area contributed by atoms with E-state index in [2.05, 4.69) is 4.98 Å². The Labute approximate surface area is 226 Å². The fourth-order valence-electron chi connectivity index (χ4n) is 3.02. The lowest BCUT2D eigenvalue weighted by Gasteiger charge is -2.28. The number of halogens is 8. The van der Waals surface area contributed by atoms with E-state index < -0.39 is 47.2 Å². The van der Waals surface area contributed by atoms with E-state index in [-0.39, 0.29) is 40.9 Å². The van der Waals surface area contributed by atoms with Gasteiger partial charge in [0.1, 0.15) is 0 Å². The van der Waals surface area contributed by atoms with Crippen LogP contribution in [0.5, 0.6) is 0 Å². The van der Waals surface area contributed by atoms with Crippen molar-refractivity contribution >= 4 is 34.3 Å². The number of alkyl halides is 7. The standard InChI is InChI=1S/C22H24F8N6O3S/c1-3-13(37)6-7-36(32)19(31)40-16-5-4-12(35-39-2)9-14(16)18(38)34-17-15(23)8-11(10-33-17)20(24,25)21(26,27)22(28,29)30/h4-5,8-10,13,31,35,37H,3,6-7,32H2,1-2H3,(H,33,34,38)/p+1. The highest BCUT2D eigenvalue weighted by molar-refractivity contribution is 8.13. The smallest absolute Gasteiger partial charge is 0.393 e. The summed E-state index contributed by atoms with van der Waals surface area (Å²) >= 11 is 0.702. The summed E-state index contributed by atoms with van der Waals surface area (Å²) in [5.74, 6) is -10.5. The Morgan fingerprint density at radius 2 is 1.90 bits per heavy atom. The molecule has 1 aromatic heterocycles. The van der Waals surface area contributed by atoms with Crippen molar-refractivity contribution in [1.29, 1.82) is 5.41 Å². The third-order valence-corrected chi connectivity index (χ3v) is 6.33. The van der Waals surface area contributed by atoms with E-state index in [1.54, 1.807) is 6.92 Å². The monoisotopic (exact) mass is 605 g/mol. The molecule has 0 aliphatic heterocycles. The van der Waals surface area contributed by atoms with Crippen molar-refractivity contribution in [2.75, 3.05) is 19.0 Å². The van der Waals surface area contributed by atoms with Gasteiger partial charge in [0, 0.05) is 35.3 Å². The molecule has 40 heavy (non-hydrogen) atoms. The van der Waals surface area contributed by atoms with Gasteiger partial charge in [-0.1, -0.05) is 18.7 Å². The SMILES string of the molecule is CCC(O)CCN(N)C(=N)Sc1ccc([NH2+]OC)cc1C(=O)Nc1ncc(C(F)(F)C(F)(F)C(F)(F)F)cc1F. The Morgan fingerprint density at radius 1 is 1.25 bits per heavy atom. The molecule has 2 aromatic rings. The van der Waals surface area contributed by atoms with E-state index in [0.29, 0.717) is 23.9 Å². The number of aromatic nitrogens is 1. The van der Waals surface area contributed by atoms with Crippen LogP contribution in [0.25, 0.3) is 0 Å². The second-order valence-electron chi connectivity index (χ2n) is 8.22. The number of benzene rings is 1. The maximum atomic E-state index is 14.5. The molecule has 0 fully saturated rings. The molecule has 0 radical (unpaired) electrons. The van der Waals surface area contributed by atoms with Gasteiger partial charge in [0.25, 0.3) is 5.91 Å². The van der Waals surface area contributed by atoms with Crippen LogP contribution in [0.2, 0.25) is 0 Å². The topological polar surface area (TPSA) is 141 Å². The number of hydrogen-bond acceptors (Lipinski definition) is 7. The third-order valence-electron chi connectivity index (χ3n) is 5.33. The summed E-state index contributed by atoms with van der Waals surface area (Å²) < 4.78 is 106. The normalized spacial score (nSPS) is 13.2. The predicted molar refractivity (Wildman–Crippen MR) is 127 cm³/mol. The number of amidine groups is 1. The van der Waals surface area contributed by atoms with Crippen LogP contribution in [0.15, 0.2) is 35.4 Å².